The molecular weight excluding hydrogens is 160 g/mol. The van der Waals surface area contributed by atoms with Gasteiger partial charge in [0.2, 0.25) is 0 Å². The summed E-state index contributed by atoms with van der Waals surface area (Å²) in [5.41, 5.74) is 0. The maximum Gasteiger partial charge on any atom is 0.0622 e. The Morgan fingerprint density at radius 1 is 1.38 bits per heavy atom. The second-order valence-electron chi connectivity index (χ2n) is 3.87. The highest BCUT2D eigenvalue weighted by Crippen LogP contribution is 2.09. The van der Waals surface area contributed by atoms with Crippen molar-refractivity contribution in [3.63, 3.8) is 0 Å². The smallest absolute Gasteiger partial charge is 0.0622 e. The first kappa shape index (κ1) is 12.4. The van der Waals surface area contributed by atoms with Gasteiger partial charge in [-0.2, -0.15) is 5.26 Å². The third kappa shape index (κ3) is 7.80. The first-order chi connectivity index (χ1) is 6.20. The molecule has 2 heteroatoms. The van der Waals surface area contributed by atoms with Crippen molar-refractivity contribution in [3.8, 4) is 6.07 Å². The summed E-state index contributed by atoms with van der Waals surface area (Å²) in [6.07, 6.45) is 4.14. The van der Waals surface area contributed by atoms with Crippen LogP contribution in [-0.2, 0) is 0 Å². The molecule has 0 saturated carbocycles. The lowest BCUT2D eigenvalue weighted by Gasteiger charge is -2.16. The Hall–Kier alpha value is -0.550. The summed E-state index contributed by atoms with van der Waals surface area (Å²) in [4.78, 5) is 0. The molecule has 13 heavy (non-hydrogen) atoms. The molecule has 76 valence electrons. The molecule has 0 heterocycles. The van der Waals surface area contributed by atoms with Gasteiger partial charge in [-0.15, -0.1) is 0 Å². The number of nitriles is 1. The highest BCUT2D eigenvalue weighted by molar-refractivity contribution is 4.70. The van der Waals surface area contributed by atoms with Gasteiger partial charge in [0.15, 0.2) is 0 Å². The molecule has 0 bridgehead atoms. The molecule has 0 aromatic heterocycles. The van der Waals surface area contributed by atoms with E-state index < -0.39 is 0 Å². The normalized spacial score (nSPS) is 14.9. The van der Waals surface area contributed by atoms with E-state index in [9.17, 15) is 0 Å². The van der Waals surface area contributed by atoms with E-state index >= 15 is 0 Å². The average molecular weight is 182 g/mol. The van der Waals surface area contributed by atoms with E-state index in [-0.39, 0.29) is 0 Å². The van der Waals surface area contributed by atoms with Crippen LogP contribution in [0.25, 0.3) is 0 Å². The average Bonchev–Trinajstić information content (AvgIpc) is 2.12. The van der Waals surface area contributed by atoms with Crippen LogP contribution in [0.2, 0.25) is 0 Å². The quantitative estimate of drug-likeness (QED) is 0.614. The van der Waals surface area contributed by atoms with Gasteiger partial charge >= 0.3 is 0 Å². The van der Waals surface area contributed by atoms with Crippen LogP contribution < -0.4 is 5.32 Å². The van der Waals surface area contributed by atoms with E-state index in [1.807, 2.05) is 0 Å². The van der Waals surface area contributed by atoms with Gasteiger partial charge in [0.25, 0.3) is 0 Å². The van der Waals surface area contributed by atoms with Gasteiger partial charge < -0.3 is 5.32 Å². The molecule has 1 N–H and O–H groups in total. The number of unbranched alkanes of at least 4 members (excludes halogenated alkanes) is 1. The lowest BCUT2D eigenvalue weighted by molar-refractivity contribution is 0.412. The van der Waals surface area contributed by atoms with Crippen LogP contribution >= 0.6 is 0 Å². The van der Waals surface area contributed by atoms with E-state index in [1.165, 1.54) is 12.8 Å². The SMILES string of the molecule is CCC(C)CC(C)NCCCC#N. The predicted molar refractivity (Wildman–Crippen MR) is 56.4 cm³/mol. The van der Waals surface area contributed by atoms with Crippen LogP contribution in [0.3, 0.4) is 0 Å². The Labute approximate surface area is 82.3 Å². The number of nitrogens with one attached hydrogen (secondary N) is 1. The molecule has 2 nitrogen and oxygen atoms in total. The van der Waals surface area contributed by atoms with Crippen LogP contribution in [-0.4, -0.2) is 12.6 Å². The molecule has 0 aromatic carbocycles. The fourth-order valence-electron chi connectivity index (χ4n) is 1.37. The molecule has 0 aliphatic rings. The fourth-order valence-corrected chi connectivity index (χ4v) is 1.37. The van der Waals surface area contributed by atoms with Gasteiger partial charge in [-0.25, -0.2) is 0 Å². The second-order valence-corrected chi connectivity index (χ2v) is 3.87. The summed E-state index contributed by atoms with van der Waals surface area (Å²) in [6.45, 7) is 7.71. The van der Waals surface area contributed by atoms with Crippen molar-refractivity contribution in [3.05, 3.63) is 0 Å². The summed E-state index contributed by atoms with van der Waals surface area (Å²) < 4.78 is 0. The molecule has 0 spiro atoms. The largest absolute Gasteiger partial charge is 0.314 e. The number of hydrogen-bond acceptors (Lipinski definition) is 2. The van der Waals surface area contributed by atoms with E-state index in [0.29, 0.717) is 12.5 Å². The van der Waals surface area contributed by atoms with Gasteiger partial charge in [0.1, 0.15) is 0 Å². The molecule has 0 fully saturated rings. The second kappa shape index (κ2) is 8.07. The van der Waals surface area contributed by atoms with Crippen LogP contribution in [0.15, 0.2) is 0 Å². The summed E-state index contributed by atoms with van der Waals surface area (Å²) in [6, 6.07) is 2.74. The minimum Gasteiger partial charge on any atom is -0.314 e. The zero-order valence-electron chi connectivity index (χ0n) is 9.14. The van der Waals surface area contributed by atoms with Gasteiger partial charge in [0.05, 0.1) is 6.07 Å². The number of rotatable bonds is 7. The Morgan fingerprint density at radius 2 is 2.08 bits per heavy atom. The topological polar surface area (TPSA) is 35.8 Å². The van der Waals surface area contributed by atoms with Crippen molar-refractivity contribution < 1.29 is 0 Å². The maximum atomic E-state index is 8.34. The number of nitrogens with zero attached hydrogens (tertiary/aromatic N) is 1. The van der Waals surface area contributed by atoms with Crippen molar-refractivity contribution >= 4 is 0 Å². The highest BCUT2D eigenvalue weighted by Gasteiger charge is 2.05. The third-order valence-corrected chi connectivity index (χ3v) is 2.41. The van der Waals surface area contributed by atoms with Crippen LogP contribution in [0.5, 0.6) is 0 Å². The molecule has 0 radical (unpaired) electrons. The van der Waals surface area contributed by atoms with E-state index in [2.05, 4.69) is 32.2 Å². The first-order valence-corrected chi connectivity index (χ1v) is 5.31. The van der Waals surface area contributed by atoms with E-state index in [0.717, 1.165) is 18.9 Å². The van der Waals surface area contributed by atoms with Crippen LogP contribution in [0.4, 0.5) is 0 Å². The zero-order chi connectivity index (χ0) is 10.1. The highest BCUT2D eigenvalue weighted by atomic mass is 14.9. The molecule has 0 saturated heterocycles. The van der Waals surface area contributed by atoms with Gasteiger partial charge in [-0.3, -0.25) is 0 Å². The maximum absolute atomic E-state index is 8.34. The van der Waals surface area contributed by atoms with Gasteiger partial charge in [0, 0.05) is 12.5 Å². The molecule has 0 aromatic rings. The van der Waals surface area contributed by atoms with Crippen molar-refractivity contribution in [2.24, 2.45) is 5.92 Å². The molecule has 2 atom stereocenters. The van der Waals surface area contributed by atoms with E-state index in [4.69, 9.17) is 5.26 Å². The van der Waals surface area contributed by atoms with Crippen LogP contribution in [0.1, 0.15) is 46.5 Å². The van der Waals surface area contributed by atoms with E-state index in [1.54, 1.807) is 0 Å². The monoisotopic (exact) mass is 182 g/mol. The van der Waals surface area contributed by atoms with Crippen molar-refractivity contribution in [1.29, 1.82) is 5.26 Å². The first-order valence-electron chi connectivity index (χ1n) is 5.31. The third-order valence-electron chi connectivity index (χ3n) is 2.41. The Bertz CT molecular complexity index is 149. The fraction of sp³-hybridized carbons (Fsp3) is 0.909. The summed E-state index contributed by atoms with van der Waals surface area (Å²) in [5.74, 6) is 0.804. The van der Waals surface area contributed by atoms with Crippen molar-refractivity contribution in [1.82, 2.24) is 5.32 Å². The Balaban J connectivity index is 3.30. The minimum atomic E-state index is 0.591. The minimum absolute atomic E-state index is 0.591. The van der Waals surface area contributed by atoms with Gasteiger partial charge in [-0.05, 0) is 32.2 Å². The Morgan fingerprint density at radius 3 is 2.62 bits per heavy atom. The molecule has 0 aliphatic carbocycles. The number of hydrogen-bond donors (Lipinski definition) is 1. The summed E-state index contributed by atoms with van der Waals surface area (Å²) in [5, 5.41) is 11.8. The molecule has 0 aliphatic heterocycles. The molecule has 0 amide bonds. The molecule has 2 unspecified atom stereocenters. The van der Waals surface area contributed by atoms with Gasteiger partial charge in [-0.1, -0.05) is 20.3 Å². The molecular formula is C11H22N2. The standard InChI is InChI=1S/C11H22N2/c1-4-10(2)9-11(3)13-8-6-5-7-12/h10-11,13H,4-6,8-9H2,1-3H3. The molecule has 0 rings (SSSR count). The van der Waals surface area contributed by atoms with Crippen molar-refractivity contribution in [2.45, 2.75) is 52.5 Å². The summed E-state index contributed by atoms with van der Waals surface area (Å²) in [7, 11) is 0. The van der Waals surface area contributed by atoms with Crippen LogP contribution in [0, 0.1) is 17.2 Å². The summed E-state index contributed by atoms with van der Waals surface area (Å²) >= 11 is 0. The van der Waals surface area contributed by atoms with Crippen molar-refractivity contribution in [2.75, 3.05) is 6.54 Å². The Kier molecular flexibility index (Phi) is 7.73. The lowest BCUT2D eigenvalue weighted by atomic mass is 10.0. The lowest BCUT2D eigenvalue weighted by Crippen LogP contribution is -2.28. The zero-order valence-corrected chi connectivity index (χ0v) is 9.14. The predicted octanol–water partition coefficient (Wildman–Crippen LogP) is 2.70.